The van der Waals surface area contributed by atoms with Gasteiger partial charge in [0.05, 0.1) is 12.5 Å². The molecule has 2 aliphatic rings. The van der Waals surface area contributed by atoms with Gasteiger partial charge in [0.15, 0.2) is 0 Å². The molecule has 0 radical (unpaired) electrons. The Bertz CT molecular complexity index is 340. The van der Waals surface area contributed by atoms with Gasteiger partial charge in [0.2, 0.25) is 0 Å². The van der Waals surface area contributed by atoms with E-state index in [1.165, 1.54) is 0 Å². The normalized spacial score (nSPS) is 33.0. The van der Waals surface area contributed by atoms with E-state index in [-0.39, 0.29) is 25.0 Å². The molecular formula is C15H27F3N2O. The van der Waals surface area contributed by atoms with Gasteiger partial charge >= 0.3 is 6.18 Å². The quantitative estimate of drug-likeness (QED) is 0.838. The van der Waals surface area contributed by atoms with Gasteiger partial charge in [-0.3, -0.25) is 0 Å². The molecule has 0 amide bonds. The number of alkyl halides is 3. The van der Waals surface area contributed by atoms with Crippen LogP contribution in [0.1, 0.15) is 46.0 Å². The van der Waals surface area contributed by atoms with E-state index in [4.69, 9.17) is 0 Å². The molecule has 1 saturated heterocycles. The van der Waals surface area contributed by atoms with Crippen molar-refractivity contribution in [1.29, 1.82) is 0 Å². The van der Waals surface area contributed by atoms with Gasteiger partial charge in [0.25, 0.3) is 0 Å². The predicted molar refractivity (Wildman–Crippen MR) is 76.1 cm³/mol. The number of nitrogens with one attached hydrogen (secondary N) is 1. The standard InChI is InChI=1S/C15H27F3N2O/c1-11(2)19-14(10-21)6-3-13(9-14)20-7-4-12(5-8-20)15(16,17)18/h11-13,19,21H,3-10H2,1-2H3. The lowest BCUT2D eigenvalue weighted by Crippen LogP contribution is -2.51. The molecule has 3 nitrogen and oxygen atoms in total. The number of halogens is 3. The molecule has 1 aliphatic carbocycles. The first-order chi connectivity index (χ1) is 9.76. The average molecular weight is 308 g/mol. The zero-order valence-electron chi connectivity index (χ0n) is 12.9. The van der Waals surface area contributed by atoms with Crippen LogP contribution in [0.25, 0.3) is 0 Å². The summed E-state index contributed by atoms with van der Waals surface area (Å²) >= 11 is 0. The summed E-state index contributed by atoms with van der Waals surface area (Å²) in [5.41, 5.74) is -0.250. The van der Waals surface area contributed by atoms with Crippen LogP contribution in [0, 0.1) is 5.92 Å². The number of hydrogen-bond donors (Lipinski definition) is 2. The summed E-state index contributed by atoms with van der Waals surface area (Å²) in [5.74, 6) is -1.13. The summed E-state index contributed by atoms with van der Waals surface area (Å²) in [6, 6.07) is 0.601. The molecule has 124 valence electrons. The van der Waals surface area contributed by atoms with Gasteiger partial charge in [-0.05, 0) is 45.2 Å². The van der Waals surface area contributed by atoms with Crippen LogP contribution in [-0.2, 0) is 0 Å². The maximum atomic E-state index is 12.7. The molecule has 2 rings (SSSR count). The van der Waals surface area contributed by atoms with Crippen LogP contribution in [0.5, 0.6) is 0 Å². The zero-order chi connectivity index (χ0) is 15.7. The van der Waals surface area contributed by atoms with E-state index in [1.54, 1.807) is 0 Å². The van der Waals surface area contributed by atoms with E-state index < -0.39 is 12.1 Å². The SMILES string of the molecule is CC(C)NC1(CO)CCC(N2CCC(C(F)(F)F)CC2)C1. The van der Waals surface area contributed by atoms with Crippen LogP contribution in [0.3, 0.4) is 0 Å². The Balaban J connectivity index is 1.88. The lowest BCUT2D eigenvalue weighted by molar-refractivity contribution is -0.186. The van der Waals surface area contributed by atoms with Gasteiger partial charge in [0, 0.05) is 17.6 Å². The minimum Gasteiger partial charge on any atom is -0.394 e. The molecule has 2 fully saturated rings. The van der Waals surface area contributed by atoms with E-state index in [9.17, 15) is 18.3 Å². The number of rotatable bonds is 4. The maximum Gasteiger partial charge on any atom is 0.391 e. The fourth-order valence-corrected chi connectivity index (χ4v) is 3.93. The Labute approximate surface area is 124 Å². The van der Waals surface area contributed by atoms with Crippen LogP contribution in [0.15, 0.2) is 0 Å². The first kappa shape index (κ1) is 17.0. The van der Waals surface area contributed by atoms with Crippen molar-refractivity contribution in [3.8, 4) is 0 Å². The van der Waals surface area contributed by atoms with E-state index in [1.807, 2.05) is 0 Å². The second kappa shape index (κ2) is 6.42. The molecule has 0 aromatic heterocycles. The largest absolute Gasteiger partial charge is 0.394 e. The molecular weight excluding hydrogens is 281 g/mol. The molecule has 1 saturated carbocycles. The van der Waals surface area contributed by atoms with E-state index in [2.05, 4.69) is 24.1 Å². The molecule has 1 aliphatic heterocycles. The average Bonchev–Trinajstić information content (AvgIpc) is 2.82. The van der Waals surface area contributed by atoms with Gasteiger partial charge in [0.1, 0.15) is 0 Å². The first-order valence-corrected chi connectivity index (χ1v) is 7.95. The van der Waals surface area contributed by atoms with Crippen molar-refractivity contribution in [1.82, 2.24) is 10.2 Å². The van der Waals surface area contributed by atoms with E-state index in [0.717, 1.165) is 19.3 Å². The molecule has 2 N–H and O–H groups in total. The molecule has 1 heterocycles. The molecule has 0 aromatic carbocycles. The minimum absolute atomic E-state index is 0.0979. The highest BCUT2D eigenvalue weighted by Gasteiger charge is 2.45. The zero-order valence-corrected chi connectivity index (χ0v) is 12.9. The van der Waals surface area contributed by atoms with Gasteiger partial charge in [-0.2, -0.15) is 13.2 Å². The van der Waals surface area contributed by atoms with Gasteiger partial charge in [-0.15, -0.1) is 0 Å². The third-order valence-corrected chi connectivity index (χ3v) is 4.99. The maximum absolute atomic E-state index is 12.7. The van der Waals surface area contributed by atoms with Crippen molar-refractivity contribution in [2.75, 3.05) is 19.7 Å². The fourth-order valence-electron chi connectivity index (χ4n) is 3.93. The van der Waals surface area contributed by atoms with Crippen LogP contribution in [0.2, 0.25) is 0 Å². The summed E-state index contributed by atoms with van der Waals surface area (Å²) in [4.78, 5) is 2.20. The minimum atomic E-state index is -4.05. The number of aliphatic hydroxyl groups excluding tert-OH is 1. The van der Waals surface area contributed by atoms with Gasteiger partial charge in [-0.25, -0.2) is 0 Å². The highest BCUT2D eigenvalue weighted by Crippen LogP contribution is 2.38. The Kier molecular flexibility index (Phi) is 5.21. The summed E-state index contributed by atoms with van der Waals surface area (Å²) < 4.78 is 38.1. The van der Waals surface area contributed by atoms with Crippen molar-refractivity contribution in [3.63, 3.8) is 0 Å². The molecule has 0 bridgehead atoms. The number of likely N-dealkylation sites (tertiary alicyclic amines) is 1. The van der Waals surface area contributed by atoms with E-state index in [0.29, 0.717) is 25.2 Å². The summed E-state index contributed by atoms with van der Waals surface area (Å²) in [6.07, 6.45) is -0.940. The third-order valence-electron chi connectivity index (χ3n) is 4.99. The van der Waals surface area contributed by atoms with Crippen LogP contribution in [-0.4, -0.2) is 53.5 Å². The molecule has 0 spiro atoms. The number of aliphatic hydroxyl groups is 1. The van der Waals surface area contributed by atoms with Crippen LogP contribution < -0.4 is 5.32 Å². The van der Waals surface area contributed by atoms with Crippen molar-refractivity contribution in [3.05, 3.63) is 0 Å². The number of hydrogen-bond acceptors (Lipinski definition) is 3. The van der Waals surface area contributed by atoms with Crippen molar-refractivity contribution in [2.45, 2.75) is 69.8 Å². The Morgan fingerprint density at radius 2 is 1.86 bits per heavy atom. The fraction of sp³-hybridized carbons (Fsp3) is 1.00. The van der Waals surface area contributed by atoms with Crippen LogP contribution in [0.4, 0.5) is 13.2 Å². The Hall–Kier alpha value is -0.330. The van der Waals surface area contributed by atoms with Crippen molar-refractivity contribution < 1.29 is 18.3 Å². The van der Waals surface area contributed by atoms with Crippen LogP contribution >= 0.6 is 0 Å². The predicted octanol–water partition coefficient (Wildman–Crippen LogP) is 2.54. The molecule has 21 heavy (non-hydrogen) atoms. The number of nitrogens with zero attached hydrogens (tertiary/aromatic N) is 1. The molecule has 6 heteroatoms. The summed E-state index contributed by atoms with van der Waals surface area (Å²) in [7, 11) is 0. The topological polar surface area (TPSA) is 35.5 Å². The third kappa shape index (κ3) is 4.11. The highest BCUT2D eigenvalue weighted by molar-refractivity contribution is 5.00. The Morgan fingerprint density at radius 3 is 2.33 bits per heavy atom. The molecule has 2 atom stereocenters. The molecule has 2 unspecified atom stereocenters. The van der Waals surface area contributed by atoms with Gasteiger partial charge in [-0.1, -0.05) is 13.8 Å². The lowest BCUT2D eigenvalue weighted by atomic mass is 9.93. The van der Waals surface area contributed by atoms with Crippen molar-refractivity contribution in [2.24, 2.45) is 5.92 Å². The smallest absolute Gasteiger partial charge is 0.391 e. The van der Waals surface area contributed by atoms with Gasteiger partial charge < -0.3 is 15.3 Å². The second-order valence-corrected chi connectivity index (χ2v) is 6.99. The number of piperidine rings is 1. The highest BCUT2D eigenvalue weighted by atomic mass is 19.4. The summed E-state index contributed by atoms with van der Waals surface area (Å²) in [6.45, 7) is 5.26. The van der Waals surface area contributed by atoms with E-state index >= 15 is 0 Å². The second-order valence-electron chi connectivity index (χ2n) is 6.99. The van der Waals surface area contributed by atoms with Crippen molar-refractivity contribution >= 4 is 0 Å². The Morgan fingerprint density at radius 1 is 1.24 bits per heavy atom. The first-order valence-electron chi connectivity index (χ1n) is 7.95. The summed E-state index contributed by atoms with van der Waals surface area (Å²) in [5, 5.41) is 13.2. The molecule has 0 aromatic rings. The monoisotopic (exact) mass is 308 g/mol. The lowest BCUT2D eigenvalue weighted by Gasteiger charge is -2.38.